The molecule has 0 radical (unpaired) electrons. The first kappa shape index (κ1) is 27.5. The number of carbonyl (C=O) groups excluding carboxylic acids is 1. The number of carbonyl (C=O) groups is 1. The standard InChI is InChI=1S/C28H26F3N3O5/c1-5-18(20-13-6-14(2)39-20)32-22-23(26(37)25(22)36)33-19-12-11-17(21(24(19)35)27(38)34(3)4)15-7-9-16(10-8-15)28(29,30)31/h6-13,18,32-33,35H,5H2,1-4H3/t18-/m1/s1. The Morgan fingerprint density at radius 1 is 1.00 bits per heavy atom. The van der Waals surface area contributed by atoms with Gasteiger partial charge in [0.05, 0.1) is 22.9 Å². The lowest BCUT2D eigenvalue weighted by molar-refractivity contribution is -0.137. The molecular formula is C28H26F3N3O5. The third kappa shape index (κ3) is 5.25. The van der Waals surface area contributed by atoms with Crippen molar-refractivity contribution in [3.8, 4) is 16.9 Å². The summed E-state index contributed by atoms with van der Waals surface area (Å²) in [6, 6.07) is 10.1. The van der Waals surface area contributed by atoms with Crippen molar-refractivity contribution >= 4 is 23.0 Å². The van der Waals surface area contributed by atoms with E-state index in [0.29, 0.717) is 17.9 Å². The van der Waals surface area contributed by atoms with Gasteiger partial charge in [0.1, 0.15) is 22.9 Å². The lowest BCUT2D eigenvalue weighted by Gasteiger charge is -2.22. The molecular weight excluding hydrogens is 515 g/mol. The van der Waals surface area contributed by atoms with Crippen LogP contribution in [0.4, 0.5) is 30.2 Å². The zero-order chi connectivity index (χ0) is 28.6. The number of phenolic OH excluding ortho intramolecular Hbond substituents is 1. The number of nitrogens with one attached hydrogen (secondary N) is 2. The van der Waals surface area contributed by atoms with Gasteiger partial charge in [0, 0.05) is 14.1 Å². The molecule has 1 heterocycles. The first-order valence-corrected chi connectivity index (χ1v) is 12.0. The molecule has 0 spiro atoms. The largest absolute Gasteiger partial charge is 0.505 e. The van der Waals surface area contributed by atoms with Gasteiger partial charge in [-0.15, -0.1) is 0 Å². The molecule has 0 aliphatic carbocycles. The Kier molecular flexibility index (Phi) is 7.27. The molecule has 1 atom stereocenters. The molecule has 4 aromatic rings. The summed E-state index contributed by atoms with van der Waals surface area (Å²) in [5, 5.41) is 16.9. The van der Waals surface area contributed by atoms with E-state index in [0.717, 1.165) is 12.1 Å². The number of furan rings is 1. The van der Waals surface area contributed by atoms with Crippen molar-refractivity contribution in [3.63, 3.8) is 0 Å². The molecule has 0 bridgehead atoms. The van der Waals surface area contributed by atoms with Crippen molar-refractivity contribution in [2.45, 2.75) is 32.5 Å². The van der Waals surface area contributed by atoms with Crippen molar-refractivity contribution in [2.24, 2.45) is 0 Å². The summed E-state index contributed by atoms with van der Waals surface area (Å²) in [6.07, 6.45) is -3.99. The topological polar surface area (TPSA) is 112 Å². The third-order valence-corrected chi connectivity index (χ3v) is 6.32. The van der Waals surface area contributed by atoms with Crippen molar-refractivity contribution in [1.82, 2.24) is 4.90 Å². The Morgan fingerprint density at radius 2 is 1.64 bits per heavy atom. The van der Waals surface area contributed by atoms with E-state index in [1.165, 1.54) is 43.3 Å². The van der Waals surface area contributed by atoms with E-state index in [1.54, 1.807) is 19.1 Å². The van der Waals surface area contributed by atoms with Crippen LogP contribution in [0.2, 0.25) is 0 Å². The van der Waals surface area contributed by atoms with Gasteiger partial charge >= 0.3 is 6.18 Å². The predicted molar refractivity (Wildman–Crippen MR) is 141 cm³/mol. The Balaban J connectivity index is 1.72. The van der Waals surface area contributed by atoms with Crippen LogP contribution in [0.15, 0.2) is 62.5 Å². The summed E-state index contributed by atoms with van der Waals surface area (Å²) in [5.74, 6) is 0.119. The zero-order valence-electron chi connectivity index (χ0n) is 21.6. The molecule has 0 fully saturated rings. The number of rotatable bonds is 8. The van der Waals surface area contributed by atoms with E-state index in [1.807, 2.05) is 6.92 Å². The fourth-order valence-electron chi connectivity index (χ4n) is 4.18. The summed E-state index contributed by atoms with van der Waals surface area (Å²) < 4.78 is 44.7. The molecule has 1 amide bonds. The number of hydrogen-bond acceptors (Lipinski definition) is 7. The van der Waals surface area contributed by atoms with Gasteiger partial charge < -0.3 is 25.1 Å². The lowest BCUT2D eigenvalue weighted by Crippen LogP contribution is -2.37. The van der Waals surface area contributed by atoms with E-state index in [2.05, 4.69) is 10.6 Å². The van der Waals surface area contributed by atoms with Gasteiger partial charge in [-0.1, -0.05) is 25.1 Å². The Morgan fingerprint density at radius 3 is 2.18 bits per heavy atom. The molecule has 3 N–H and O–H groups in total. The number of aromatic hydroxyl groups is 1. The van der Waals surface area contributed by atoms with Gasteiger partial charge in [-0.2, -0.15) is 13.2 Å². The minimum Gasteiger partial charge on any atom is -0.505 e. The van der Waals surface area contributed by atoms with Crippen LogP contribution in [-0.4, -0.2) is 30.0 Å². The van der Waals surface area contributed by atoms with Crippen molar-refractivity contribution in [1.29, 1.82) is 0 Å². The van der Waals surface area contributed by atoms with Gasteiger partial charge in [0.25, 0.3) is 16.8 Å². The number of aryl methyl sites for hydroxylation is 1. The number of hydrogen-bond donors (Lipinski definition) is 3. The van der Waals surface area contributed by atoms with E-state index in [9.17, 15) is 32.7 Å². The molecule has 0 aliphatic rings. The van der Waals surface area contributed by atoms with Gasteiger partial charge in [0.15, 0.2) is 5.75 Å². The molecule has 4 rings (SSSR count). The van der Waals surface area contributed by atoms with Gasteiger partial charge in [-0.3, -0.25) is 14.4 Å². The highest BCUT2D eigenvalue weighted by atomic mass is 19.4. The molecule has 39 heavy (non-hydrogen) atoms. The summed E-state index contributed by atoms with van der Waals surface area (Å²) in [7, 11) is 2.91. The summed E-state index contributed by atoms with van der Waals surface area (Å²) >= 11 is 0. The number of phenols is 1. The van der Waals surface area contributed by atoms with Crippen LogP contribution in [0, 0.1) is 6.92 Å². The quantitative estimate of drug-likeness (QED) is 0.197. The van der Waals surface area contributed by atoms with Crippen LogP contribution in [0.5, 0.6) is 5.75 Å². The van der Waals surface area contributed by atoms with Crippen molar-refractivity contribution in [3.05, 3.63) is 91.6 Å². The van der Waals surface area contributed by atoms with Gasteiger partial charge in [0.2, 0.25) is 0 Å². The molecule has 8 nitrogen and oxygen atoms in total. The summed E-state index contributed by atoms with van der Waals surface area (Å²) in [5.41, 5.74) is -2.26. The molecule has 0 aliphatic heterocycles. The highest BCUT2D eigenvalue weighted by Crippen LogP contribution is 2.40. The maximum atomic E-state index is 13.0. The minimum atomic E-state index is -4.53. The van der Waals surface area contributed by atoms with Crippen molar-refractivity contribution < 1.29 is 27.5 Å². The van der Waals surface area contributed by atoms with E-state index in [-0.39, 0.29) is 33.8 Å². The van der Waals surface area contributed by atoms with Crippen LogP contribution < -0.4 is 21.5 Å². The van der Waals surface area contributed by atoms with Gasteiger partial charge in [-0.25, -0.2) is 0 Å². The highest BCUT2D eigenvalue weighted by Gasteiger charge is 2.31. The number of amides is 1. The second-order valence-corrected chi connectivity index (χ2v) is 9.25. The number of nitrogens with zero attached hydrogens (tertiary/aromatic N) is 1. The fourth-order valence-corrected chi connectivity index (χ4v) is 4.18. The smallest absolute Gasteiger partial charge is 0.416 e. The Labute approximate surface area is 221 Å². The fraction of sp³-hybridized carbons (Fsp3) is 0.250. The van der Waals surface area contributed by atoms with Crippen LogP contribution in [0.1, 0.15) is 46.8 Å². The molecule has 11 heteroatoms. The highest BCUT2D eigenvalue weighted by molar-refractivity contribution is 6.05. The minimum absolute atomic E-state index is 0.00704. The molecule has 0 saturated carbocycles. The monoisotopic (exact) mass is 541 g/mol. The average Bonchev–Trinajstić information content (AvgIpc) is 3.33. The predicted octanol–water partition coefficient (Wildman–Crippen LogP) is 5.58. The number of anilines is 3. The number of halogens is 3. The maximum Gasteiger partial charge on any atom is 0.416 e. The van der Waals surface area contributed by atoms with Crippen LogP contribution >= 0.6 is 0 Å². The summed E-state index contributed by atoms with van der Waals surface area (Å²) in [4.78, 5) is 39.1. The Bertz CT molecular complexity index is 1600. The summed E-state index contributed by atoms with van der Waals surface area (Å²) in [6.45, 7) is 3.66. The molecule has 3 aromatic carbocycles. The normalized spacial score (nSPS) is 12.4. The number of benzene rings is 2. The first-order valence-electron chi connectivity index (χ1n) is 12.0. The number of alkyl halides is 3. The third-order valence-electron chi connectivity index (χ3n) is 6.32. The van der Waals surface area contributed by atoms with Crippen molar-refractivity contribution in [2.75, 3.05) is 24.7 Å². The second-order valence-electron chi connectivity index (χ2n) is 9.25. The lowest BCUT2D eigenvalue weighted by atomic mass is 9.96. The van der Waals surface area contributed by atoms with E-state index >= 15 is 0 Å². The average molecular weight is 542 g/mol. The van der Waals surface area contributed by atoms with E-state index < -0.39 is 40.3 Å². The first-order chi connectivity index (χ1) is 18.3. The van der Waals surface area contributed by atoms with Gasteiger partial charge in [-0.05, 0) is 54.8 Å². The van der Waals surface area contributed by atoms with Crippen LogP contribution in [0.3, 0.4) is 0 Å². The van der Waals surface area contributed by atoms with Crippen LogP contribution in [0.25, 0.3) is 11.1 Å². The SMILES string of the molecule is CC[C@@H](Nc1c(Nc2ccc(-c3ccc(C(F)(F)F)cc3)c(C(=O)N(C)C)c2O)c(=O)c1=O)c1ccc(C)o1. The molecule has 204 valence electrons. The molecule has 0 unspecified atom stereocenters. The van der Waals surface area contributed by atoms with E-state index in [4.69, 9.17) is 4.42 Å². The van der Waals surface area contributed by atoms with Crippen LogP contribution in [-0.2, 0) is 6.18 Å². The Hall–Kier alpha value is -4.54. The maximum absolute atomic E-state index is 13.0. The molecule has 1 aromatic heterocycles. The molecule has 0 saturated heterocycles. The zero-order valence-corrected chi connectivity index (χ0v) is 21.6. The second kappa shape index (κ2) is 10.3.